The second-order valence-electron chi connectivity index (χ2n) is 4.78. The van der Waals surface area contributed by atoms with Crippen LogP contribution in [0.1, 0.15) is 23.4 Å². The second kappa shape index (κ2) is 4.88. The molecule has 2 N–H and O–H groups in total. The summed E-state index contributed by atoms with van der Waals surface area (Å²) in [5, 5.41) is 22.5. The molecule has 3 rings (SSSR count). The Morgan fingerprint density at radius 1 is 1.25 bits per heavy atom. The number of hydrogen-bond donors (Lipinski definition) is 2. The molecular weight excluding hydrogens is 260 g/mol. The summed E-state index contributed by atoms with van der Waals surface area (Å²) in [7, 11) is 0. The monoisotopic (exact) mass is 274 g/mol. The number of aromatic nitrogens is 1. The van der Waals surface area contributed by atoms with Crippen molar-refractivity contribution in [2.75, 3.05) is 18.0 Å². The number of anilines is 1. The number of hydrogen-bond acceptors (Lipinski definition) is 5. The summed E-state index contributed by atoms with van der Waals surface area (Å²) in [5.74, 6) is -1.37. The summed E-state index contributed by atoms with van der Waals surface area (Å²) in [5.41, 5.74) is 1.79. The van der Waals surface area contributed by atoms with Crippen LogP contribution in [0.15, 0.2) is 28.8 Å². The van der Waals surface area contributed by atoms with E-state index >= 15 is 0 Å². The van der Waals surface area contributed by atoms with Gasteiger partial charge in [0.2, 0.25) is 5.76 Å². The molecule has 0 aliphatic carbocycles. The quantitative estimate of drug-likeness (QED) is 0.893. The summed E-state index contributed by atoms with van der Waals surface area (Å²) in [6.45, 7) is 1.98. The van der Waals surface area contributed by atoms with Crippen LogP contribution < -0.4 is 4.90 Å². The first-order valence-electron chi connectivity index (χ1n) is 6.43. The van der Waals surface area contributed by atoms with Crippen molar-refractivity contribution in [3.63, 3.8) is 0 Å². The van der Waals surface area contributed by atoms with E-state index < -0.39 is 5.97 Å². The van der Waals surface area contributed by atoms with Crippen molar-refractivity contribution in [1.82, 2.24) is 5.16 Å². The average Bonchev–Trinajstić information content (AvgIpc) is 3.10. The van der Waals surface area contributed by atoms with Crippen LogP contribution in [0, 0.1) is 0 Å². The third kappa shape index (κ3) is 2.20. The summed E-state index contributed by atoms with van der Waals surface area (Å²) < 4.78 is 4.73. The van der Waals surface area contributed by atoms with Gasteiger partial charge >= 0.3 is 5.97 Å². The molecule has 1 aromatic heterocycles. The fraction of sp³-hybridized carbons (Fsp3) is 0.286. The Hall–Kier alpha value is -2.50. The highest BCUT2D eigenvalue weighted by atomic mass is 16.5. The van der Waals surface area contributed by atoms with Gasteiger partial charge in [-0.3, -0.25) is 0 Å². The highest BCUT2D eigenvalue weighted by Crippen LogP contribution is 2.33. The standard InChI is InChI=1S/C14H14N2O4/c17-12-4-3-9(16-5-1-2-6-16)7-10(12)11-8-13(14(18)19)20-15-11/h3-4,7-8,17H,1-2,5-6H2,(H,18,19). The lowest BCUT2D eigenvalue weighted by Gasteiger charge is -2.18. The first kappa shape index (κ1) is 12.5. The van der Waals surface area contributed by atoms with Gasteiger partial charge in [0.25, 0.3) is 0 Å². The second-order valence-corrected chi connectivity index (χ2v) is 4.78. The Morgan fingerprint density at radius 3 is 2.65 bits per heavy atom. The Kier molecular flexibility index (Phi) is 3.06. The first-order valence-corrected chi connectivity index (χ1v) is 6.43. The molecule has 1 saturated heterocycles. The molecule has 1 aliphatic heterocycles. The van der Waals surface area contributed by atoms with Crippen molar-refractivity contribution in [3.05, 3.63) is 30.0 Å². The van der Waals surface area contributed by atoms with Crippen molar-refractivity contribution in [3.8, 4) is 17.0 Å². The van der Waals surface area contributed by atoms with E-state index in [0.29, 0.717) is 11.3 Å². The zero-order chi connectivity index (χ0) is 14.1. The van der Waals surface area contributed by atoms with Gasteiger partial charge < -0.3 is 19.6 Å². The van der Waals surface area contributed by atoms with Gasteiger partial charge in [-0.1, -0.05) is 5.16 Å². The minimum atomic E-state index is -1.18. The third-order valence-electron chi connectivity index (χ3n) is 3.45. The van der Waals surface area contributed by atoms with E-state index in [1.165, 1.54) is 6.07 Å². The zero-order valence-electron chi connectivity index (χ0n) is 10.7. The van der Waals surface area contributed by atoms with Crippen molar-refractivity contribution in [1.29, 1.82) is 0 Å². The summed E-state index contributed by atoms with van der Waals surface area (Å²) in [6.07, 6.45) is 2.31. The van der Waals surface area contributed by atoms with E-state index in [-0.39, 0.29) is 11.5 Å². The maximum absolute atomic E-state index is 10.8. The maximum Gasteiger partial charge on any atom is 0.374 e. The van der Waals surface area contributed by atoms with Gasteiger partial charge in [-0.15, -0.1) is 0 Å². The molecule has 1 aliphatic rings. The van der Waals surface area contributed by atoms with E-state index in [2.05, 4.69) is 10.1 Å². The van der Waals surface area contributed by atoms with Crippen molar-refractivity contribution in [2.45, 2.75) is 12.8 Å². The number of phenols is 1. The lowest BCUT2D eigenvalue weighted by Crippen LogP contribution is -2.17. The smallest absolute Gasteiger partial charge is 0.374 e. The van der Waals surface area contributed by atoms with Gasteiger partial charge in [0, 0.05) is 30.4 Å². The van der Waals surface area contributed by atoms with Gasteiger partial charge in [-0.25, -0.2) is 4.79 Å². The lowest BCUT2D eigenvalue weighted by molar-refractivity contribution is 0.0652. The van der Waals surface area contributed by atoms with E-state index in [4.69, 9.17) is 9.63 Å². The molecule has 1 fully saturated rings. The normalized spacial score (nSPS) is 14.7. The zero-order valence-corrected chi connectivity index (χ0v) is 10.7. The Labute approximate surface area is 115 Å². The topological polar surface area (TPSA) is 86.8 Å². The lowest BCUT2D eigenvalue weighted by atomic mass is 10.1. The predicted octanol–water partition coefficient (Wildman–Crippen LogP) is 2.35. The molecule has 0 bridgehead atoms. The molecule has 2 heterocycles. The average molecular weight is 274 g/mol. The number of rotatable bonds is 3. The number of phenolic OH excluding ortho intramolecular Hbond substituents is 1. The summed E-state index contributed by atoms with van der Waals surface area (Å²) >= 11 is 0. The number of carbonyl (C=O) groups is 1. The Balaban J connectivity index is 1.98. The molecule has 6 nitrogen and oxygen atoms in total. The minimum Gasteiger partial charge on any atom is -0.507 e. The van der Waals surface area contributed by atoms with E-state index in [0.717, 1.165) is 31.6 Å². The molecule has 104 valence electrons. The highest BCUT2D eigenvalue weighted by Gasteiger charge is 2.18. The van der Waals surface area contributed by atoms with Crippen LogP contribution in [0.3, 0.4) is 0 Å². The van der Waals surface area contributed by atoms with Gasteiger partial charge in [0.1, 0.15) is 11.4 Å². The van der Waals surface area contributed by atoms with Crippen LogP contribution in [-0.2, 0) is 0 Å². The van der Waals surface area contributed by atoms with Crippen LogP contribution in [0.4, 0.5) is 5.69 Å². The number of aromatic carboxylic acids is 1. The highest BCUT2D eigenvalue weighted by molar-refractivity contribution is 5.86. The van der Waals surface area contributed by atoms with Crippen LogP contribution in [0.2, 0.25) is 0 Å². The number of nitrogens with zero attached hydrogens (tertiary/aromatic N) is 2. The van der Waals surface area contributed by atoms with Crippen LogP contribution in [-0.4, -0.2) is 34.4 Å². The molecular formula is C14H14N2O4. The predicted molar refractivity (Wildman–Crippen MR) is 72.0 cm³/mol. The third-order valence-corrected chi connectivity index (χ3v) is 3.45. The SMILES string of the molecule is O=C(O)c1cc(-c2cc(N3CCCC3)ccc2O)no1. The van der Waals surface area contributed by atoms with E-state index in [9.17, 15) is 9.90 Å². The van der Waals surface area contributed by atoms with Crippen LogP contribution in [0.5, 0.6) is 5.75 Å². The molecule has 6 heteroatoms. The molecule has 20 heavy (non-hydrogen) atoms. The molecule has 0 radical (unpaired) electrons. The molecule has 0 atom stereocenters. The number of benzene rings is 1. The fourth-order valence-corrected chi connectivity index (χ4v) is 2.40. The number of carboxylic acid groups (broad SMARTS) is 1. The number of aromatic hydroxyl groups is 1. The number of carboxylic acids is 1. The van der Waals surface area contributed by atoms with Gasteiger partial charge in [-0.05, 0) is 31.0 Å². The Bertz CT molecular complexity index is 644. The summed E-state index contributed by atoms with van der Waals surface area (Å²) in [4.78, 5) is 13.0. The first-order chi connectivity index (χ1) is 9.65. The van der Waals surface area contributed by atoms with Gasteiger partial charge in [-0.2, -0.15) is 0 Å². The van der Waals surface area contributed by atoms with Crippen molar-refractivity contribution >= 4 is 11.7 Å². The molecule has 0 saturated carbocycles. The van der Waals surface area contributed by atoms with Crippen LogP contribution >= 0.6 is 0 Å². The van der Waals surface area contributed by atoms with Gasteiger partial charge in [0.15, 0.2) is 0 Å². The maximum atomic E-state index is 10.8. The molecule has 1 aromatic carbocycles. The van der Waals surface area contributed by atoms with Crippen molar-refractivity contribution < 1.29 is 19.5 Å². The minimum absolute atomic E-state index is 0.0539. The Morgan fingerprint density at radius 2 is 2.00 bits per heavy atom. The van der Waals surface area contributed by atoms with E-state index in [1.54, 1.807) is 6.07 Å². The largest absolute Gasteiger partial charge is 0.507 e. The molecule has 0 unspecified atom stereocenters. The fourth-order valence-electron chi connectivity index (χ4n) is 2.40. The molecule has 2 aromatic rings. The van der Waals surface area contributed by atoms with E-state index in [1.807, 2.05) is 12.1 Å². The van der Waals surface area contributed by atoms with Crippen molar-refractivity contribution in [2.24, 2.45) is 0 Å². The molecule has 0 spiro atoms. The summed E-state index contributed by atoms with van der Waals surface area (Å²) in [6, 6.07) is 6.57. The van der Waals surface area contributed by atoms with Crippen LogP contribution in [0.25, 0.3) is 11.3 Å². The molecule has 0 amide bonds. The van der Waals surface area contributed by atoms with Gasteiger partial charge in [0.05, 0.1) is 0 Å².